The average Bonchev–Trinajstić information content (AvgIpc) is 2.52. The van der Waals surface area contributed by atoms with Gasteiger partial charge in [0.2, 0.25) is 0 Å². The summed E-state index contributed by atoms with van der Waals surface area (Å²) in [5, 5.41) is 5.97. The number of pyridine rings is 1. The number of hydrogen-bond donors (Lipinski definition) is 2. The Balaban J connectivity index is 1.99. The van der Waals surface area contributed by atoms with Crippen molar-refractivity contribution in [2.45, 2.75) is 6.54 Å². The number of hydrogen-bond acceptors (Lipinski definition) is 3. The van der Waals surface area contributed by atoms with Gasteiger partial charge in [-0.3, -0.25) is 9.78 Å². The van der Waals surface area contributed by atoms with Gasteiger partial charge in [0.15, 0.2) is 0 Å². The smallest absolute Gasteiger partial charge is 0.270 e. The molecule has 0 fully saturated rings. The first-order valence-corrected chi connectivity index (χ1v) is 6.42. The van der Waals surface area contributed by atoms with E-state index in [1.54, 1.807) is 18.3 Å². The van der Waals surface area contributed by atoms with Crippen LogP contribution in [0, 0.1) is 0 Å². The molecule has 0 unspecified atom stereocenters. The van der Waals surface area contributed by atoms with E-state index in [2.05, 4.69) is 22.2 Å². The van der Waals surface area contributed by atoms with E-state index in [1.807, 2.05) is 36.4 Å². The third-order valence-electron chi connectivity index (χ3n) is 2.74. The Hall–Kier alpha value is -2.62. The highest BCUT2D eigenvalue weighted by molar-refractivity contribution is 5.93. The molecule has 2 rings (SSSR count). The topological polar surface area (TPSA) is 54.0 Å². The van der Waals surface area contributed by atoms with Crippen LogP contribution < -0.4 is 10.6 Å². The number of rotatable bonds is 6. The molecule has 2 aromatic rings. The first-order chi connectivity index (χ1) is 9.79. The summed E-state index contributed by atoms with van der Waals surface area (Å²) in [6.45, 7) is 4.70. The molecule has 1 aromatic carbocycles. The Morgan fingerprint density at radius 3 is 2.80 bits per heavy atom. The maximum absolute atomic E-state index is 11.8. The molecule has 0 bridgehead atoms. The molecule has 0 aliphatic carbocycles. The summed E-state index contributed by atoms with van der Waals surface area (Å²) in [6, 6.07) is 13.7. The van der Waals surface area contributed by atoms with Crippen LogP contribution in [-0.2, 0) is 6.54 Å². The number of carbonyl (C=O) groups is 1. The van der Waals surface area contributed by atoms with Crippen molar-refractivity contribution in [1.82, 2.24) is 10.3 Å². The number of aromatic nitrogens is 1. The predicted octanol–water partition coefficient (Wildman–Crippen LogP) is 2.61. The van der Waals surface area contributed by atoms with Gasteiger partial charge in [0.1, 0.15) is 5.69 Å². The highest BCUT2D eigenvalue weighted by Crippen LogP contribution is 2.10. The molecule has 1 aromatic heterocycles. The van der Waals surface area contributed by atoms with Gasteiger partial charge >= 0.3 is 0 Å². The molecule has 102 valence electrons. The Morgan fingerprint density at radius 1 is 1.25 bits per heavy atom. The first kappa shape index (κ1) is 13.8. The number of anilines is 1. The van der Waals surface area contributed by atoms with E-state index in [0.29, 0.717) is 18.8 Å². The van der Waals surface area contributed by atoms with E-state index in [-0.39, 0.29) is 5.91 Å². The monoisotopic (exact) mass is 267 g/mol. The van der Waals surface area contributed by atoms with Crippen molar-refractivity contribution in [3.63, 3.8) is 0 Å². The summed E-state index contributed by atoms with van der Waals surface area (Å²) in [5.41, 5.74) is 2.44. The quantitative estimate of drug-likeness (QED) is 0.791. The molecular weight excluding hydrogens is 250 g/mol. The number of amides is 1. The maximum Gasteiger partial charge on any atom is 0.270 e. The van der Waals surface area contributed by atoms with Gasteiger partial charge < -0.3 is 10.6 Å². The minimum absolute atomic E-state index is 0.201. The van der Waals surface area contributed by atoms with E-state index >= 15 is 0 Å². The molecule has 0 saturated carbocycles. The van der Waals surface area contributed by atoms with Crippen LogP contribution in [0.5, 0.6) is 0 Å². The molecule has 0 spiro atoms. The Bertz CT molecular complexity index is 581. The van der Waals surface area contributed by atoms with Gasteiger partial charge in [-0.05, 0) is 17.7 Å². The second kappa shape index (κ2) is 7.09. The molecule has 1 amide bonds. The van der Waals surface area contributed by atoms with Crippen molar-refractivity contribution in [1.29, 1.82) is 0 Å². The van der Waals surface area contributed by atoms with Crippen LogP contribution in [0.2, 0.25) is 0 Å². The normalized spacial score (nSPS) is 9.80. The van der Waals surface area contributed by atoms with E-state index in [1.165, 1.54) is 5.56 Å². The number of carbonyl (C=O) groups excluding carboxylic acids is 1. The number of benzene rings is 1. The van der Waals surface area contributed by atoms with Crippen LogP contribution in [0.4, 0.5) is 5.69 Å². The molecule has 2 N–H and O–H groups in total. The lowest BCUT2D eigenvalue weighted by atomic mass is 10.2. The third kappa shape index (κ3) is 3.95. The Morgan fingerprint density at radius 2 is 2.05 bits per heavy atom. The van der Waals surface area contributed by atoms with Crippen molar-refractivity contribution in [3.8, 4) is 0 Å². The molecule has 0 atom stereocenters. The van der Waals surface area contributed by atoms with E-state index in [0.717, 1.165) is 5.69 Å². The van der Waals surface area contributed by atoms with Crippen molar-refractivity contribution in [3.05, 3.63) is 72.6 Å². The second-order valence-electron chi connectivity index (χ2n) is 4.27. The molecule has 4 heteroatoms. The largest absolute Gasteiger partial charge is 0.381 e. The molecular formula is C16H17N3O. The predicted molar refractivity (Wildman–Crippen MR) is 80.5 cm³/mol. The lowest BCUT2D eigenvalue weighted by Crippen LogP contribution is -2.24. The summed E-state index contributed by atoms with van der Waals surface area (Å²) in [7, 11) is 0. The zero-order valence-corrected chi connectivity index (χ0v) is 11.2. The summed E-state index contributed by atoms with van der Waals surface area (Å²) in [5.74, 6) is -0.201. The number of nitrogens with one attached hydrogen (secondary N) is 2. The summed E-state index contributed by atoms with van der Waals surface area (Å²) >= 11 is 0. The Labute approximate surface area is 118 Å². The van der Waals surface area contributed by atoms with Gasteiger partial charge in [0, 0.05) is 25.0 Å². The standard InChI is InChI=1S/C16H17N3O/c1-2-9-18-16(20)15-11-14(8-10-17-15)19-12-13-6-4-3-5-7-13/h2-8,10-11H,1,9,12H2,(H,17,19)(H,18,20). The summed E-state index contributed by atoms with van der Waals surface area (Å²) < 4.78 is 0. The van der Waals surface area contributed by atoms with Crippen LogP contribution in [0.3, 0.4) is 0 Å². The molecule has 0 aliphatic heterocycles. The second-order valence-corrected chi connectivity index (χ2v) is 4.27. The van der Waals surface area contributed by atoms with Gasteiger partial charge in [-0.2, -0.15) is 0 Å². The fourth-order valence-corrected chi connectivity index (χ4v) is 1.72. The van der Waals surface area contributed by atoms with Crippen molar-refractivity contribution in [2.24, 2.45) is 0 Å². The lowest BCUT2D eigenvalue weighted by molar-refractivity contribution is 0.0953. The molecule has 4 nitrogen and oxygen atoms in total. The Kier molecular flexibility index (Phi) is 4.89. The van der Waals surface area contributed by atoms with Crippen LogP contribution >= 0.6 is 0 Å². The average molecular weight is 267 g/mol. The van der Waals surface area contributed by atoms with E-state index in [9.17, 15) is 4.79 Å². The van der Waals surface area contributed by atoms with E-state index in [4.69, 9.17) is 0 Å². The van der Waals surface area contributed by atoms with Crippen LogP contribution in [0.25, 0.3) is 0 Å². The minimum atomic E-state index is -0.201. The summed E-state index contributed by atoms with van der Waals surface area (Å²) in [6.07, 6.45) is 3.26. The SMILES string of the molecule is C=CCNC(=O)c1cc(NCc2ccccc2)ccn1. The first-order valence-electron chi connectivity index (χ1n) is 6.42. The molecule has 0 radical (unpaired) electrons. The zero-order valence-electron chi connectivity index (χ0n) is 11.2. The lowest BCUT2D eigenvalue weighted by Gasteiger charge is -2.08. The van der Waals surface area contributed by atoms with Gasteiger partial charge in [0.05, 0.1) is 0 Å². The van der Waals surface area contributed by atoms with Crippen molar-refractivity contribution >= 4 is 11.6 Å². The highest BCUT2D eigenvalue weighted by atomic mass is 16.1. The zero-order chi connectivity index (χ0) is 14.2. The molecule has 20 heavy (non-hydrogen) atoms. The fourth-order valence-electron chi connectivity index (χ4n) is 1.72. The van der Waals surface area contributed by atoms with Gasteiger partial charge in [-0.1, -0.05) is 36.4 Å². The van der Waals surface area contributed by atoms with Crippen molar-refractivity contribution in [2.75, 3.05) is 11.9 Å². The molecule has 1 heterocycles. The summed E-state index contributed by atoms with van der Waals surface area (Å²) in [4.78, 5) is 15.8. The van der Waals surface area contributed by atoms with Gasteiger partial charge in [-0.25, -0.2) is 0 Å². The maximum atomic E-state index is 11.8. The third-order valence-corrected chi connectivity index (χ3v) is 2.74. The van der Waals surface area contributed by atoms with Crippen LogP contribution in [0.15, 0.2) is 61.3 Å². The van der Waals surface area contributed by atoms with Gasteiger partial charge in [-0.15, -0.1) is 6.58 Å². The number of nitrogens with zero attached hydrogens (tertiary/aromatic N) is 1. The fraction of sp³-hybridized carbons (Fsp3) is 0.125. The molecule has 0 aliphatic rings. The minimum Gasteiger partial charge on any atom is -0.381 e. The van der Waals surface area contributed by atoms with Crippen LogP contribution in [0.1, 0.15) is 16.1 Å². The van der Waals surface area contributed by atoms with Crippen LogP contribution in [-0.4, -0.2) is 17.4 Å². The van der Waals surface area contributed by atoms with E-state index < -0.39 is 0 Å². The van der Waals surface area contributed by atoms with Crippen molar-refractivity contribution < 1.29 is 4.79 Å². The molecule has 0 saturated heterocycles. The highest BCUT2D eigenvalue weighted by Gasteiger charge is 2.06. The van der Waals surface area contributed by atoms with Gasteiger partial charge in [0.25, 0.3) is 5.91 Å².